The van der Waals surface area contributed by atoms with Crippen LogP contribution in [-0.4, -0.2) is 11.0 Å². The molecule has 0 bridgehead atoms. The summed E-state index contributed by atoms with van der Waals surface area (Å²) >= 11 is 1.73. The second-order valence-electron chi connectivity index (χ2n) is 5.00. The van der Waals surface area contributed by atoms with Gasteiger partial charge in [0, 0.05) is 23.2 Å². The van der Waals surface area contributed by atoms with Crippen molar-refractivity contribution in [1.82, 2.24) is 10.3 Å². The van der Waals surface area contributed by atoms with Crippen LogP contribution in [0.1, 0.15) is 35.4 Å². The van der Waals surface area contributed by atoms with Gasteiger partial charge in [0.2, 0.25) is 0 Å². The Morgan fingerprint density at radius 2 is 2.17 bits per heavy atom. The fourth-order valence-electron chi connectivity index (χ4n) is 2.72. The number of hydrogen-bond acceptors (Lipinski definition) is 3. The highest BCUT2D eigenvalue weighted by molar-refractivity contribution is 7.09. The topological polar surface area (TPSA) is 24.9 Å². The van der Waals surface area contributed by atoms with Crippen LogP contribution in [0.4, 0.5) is 0 Å². The van der Waals surface area contributed by atoms with Crippen molar-refractivity contribution in [2.24, 2.45) is 0 Å². The molecule has 0 saturated heterocycles. The average Bonchev–Trinajstić information content (AvgIpc) is 2.92. The molecule has 0 aliphatic heterocycles. The maximum absolute atomic E-state index is 4.15. The van der Waals surface area contributed by atoms with E-state index in [4.69, 9.17) is 0 Å². The molecule has 0 fully saturated rings. The maximum atomic E-state index is 4.15. The van der Waals surface area contributed by atoms with Gasteiger partial charge in [-0.15, -0.1) is 11.3 Å². The van der Waals surface area contributed by atoms with Crippen LogP contribution in [0.25, 0.3) is 0 Å². The molecular weight excluding hydrogens is 240 g/mol. The Morgan fingerprint density at radius 1 is 1.33 bits per heavy atom. The molecule has 94 valence electrons. The summed E-state index contributed by atoms with van der Waals surface area (Å²) in [5, 5.41) is 3.73. The van der Waals surface area contributed by atoms with E-state index in [1.807, 2.05) is 11.7 Å². The smallest absolute Gasteiger partial charge is 0.0794 e. The van der Waals surface area contributed by atoms with Gasteiger partial charge in [-0.1, -0.05) is 24.3 Å². The third-order valence-corrected chi connectivity index (χ3v) is 4.67. The van der Waals surface area contributed by atoms with E-state index in [1.165, 1.54) is 28.8 Å². The lowest BCUT2D eigenvalue weighted by molar-refractivity contribution is 0.416. The van der Waals surface area contributed by atoms with Gasteiger partial charge in [-0.25, -0.2) is 0 Å². The summed E-state index contributed by atoms with van der Waals surface area (Å²) in [6.07, 6.45) is 5.56. The summed E-state index contributed by atoms with van der Waals surface area (Å²) in [5.41, 5.74) is 4.95. The van der Waals surface area contributed by atoms with Crippen LogP contribution in [0, 0.1) is 0 Å². The normalized spacial score (nSPS) is 20.4. The third kappa shape index (κ3) is 2.47. The first kappa shape index (κ1) is 11.9. The van der Waals surface area contributed by atoms with Gasteiger partial charge in [0.15, 0.2) is 0 Å². The summed E-state index contributed by atoms with van der Waals surface area (Å²) in [6.45, 7) is 2.23. The molecule has 0 radical (unpaired) electrons. The lowest BCUT2D eigenvalue weighted by atomic mass is 9.88. The van der Waals surface area contributed by atoms with E-state index in [9.17, 15) is 0 Å². The summed E-state index contributed by atoms with van der Waals surface area (Å²) in [4.78, 5) is 5.48. The fraction of sp³-hybridized carbons (Fsp3) is 0.400. The van der Waals surface area contributed by atoms with Gasteiger partial charge in [0.25, 0.3) is 0 Å². The number of thiazole rings is 1. The number of fused-ring (bicyclic) bond motifs is 1. The van der Waals surface area contributed by atoms with Crippen LogP contribution in [-0.2, 0) is 12.8 Å². The number of rotatable bonds is 3. The second-order valence-corrected chi connectivity index (χ2v) is 5.92. The number of benzene rings is 1. The zero-order chi connectivity index (χ0) is 12.4. The molecule has 1 N–H and O–H groups in total. The van der Waals surface area contributed by atoms with Gasteiger partial charge >= 0.3 is 0 Å². The highest BCUT2D eigenvalue weighted by atomic mass is 32.1. The summed E-state index contributed by atoms with van der Waals surface area (Å²) in [5.74, 6) is 0. The van der Waals surface area contributed by atoms with Gasteiger partial charge in [-0.3, -0.25) is 4.98 Å². The van der Waals surface area contributed by atoms with E-state index in [0.29, 0.717) is 12.1 Å². The van der Waals surface area contributed by atoms with Crippen molar-refractivity contribution in [3.05, 3.63) is 52.0 Å². The molecular formula is C15H18N2S. The zero-order valence-electron chi connectivity index (χ0n) is 10.6. The van der Waals surface area contributed by atoms with Gasteiger partial charge < -0.3 is 5.32 Å². The largest absolute Gasteiger partial charge is 0.306 e. The molecule has 18 heavy (non-hydrogen) atoms. The molecule has 1 aromatic carbocycles. The van der Waals surface area contributed by atoms with Crippen LogP contribution >= 0.6 is 11.3 Å². The first-order valence-corrected chi connectivity index (χ1v) is 7.42. The molecule has 2 atom stereocenters. The SMILES string of the molecule is CC(NC1CCc2ccccc2C1)c1cncs1. The van der Waals surface area contributed by atoms with Crippen LogP contribution in [0.15, 0.2) is 36.0 Å². The standard InChI is InChI=1S/C15H18N2S/c1-11(15-9-16-10-18-15)17-14-7-6-12-4-2-3-5-13(12)8-14/h2-5,9-11,14,17H,6-8H2,1H3. The predicted octanol–water partition coefficient (Wildman–Crippen LogP) is 3.35. The molecule has 0 saturated carbocycles. The average molecular weight is 258 g/mol. The Morgan fingerprint density at radius 3 is 2.94 bits per heavy atom. The van der Waals surface area contributed by atoms with Crippen molar-refractivity contribution in [2.45, 2.75) is 38.3 Å². The highest BCUT2D eigenvalue weighted by Gasteiger charge is 2.20. The lowest BCUT2D eigenvalue weighted by Crippen LogP contribution is -2.36. The van der Waals surface area contributed by atoms with Crippen molar-refractivity contribution >= 4 is 11.3 Å². The van der Waals surface area contributed by atoms with E-state index in [1.54, 1.807) is 11.3 Å². The molecule has 1 aliphatic rings. The summed E-state index contributed by atoms with van der Waals surface area (Å²) in [7, 11) is 0. The summed E-state index contributed by atoms with van der Waals surface area (Å²) in [6, 6.07) is 9.82. The van der Waals surface area contributed by atoms with Crippen molar-refractivity contribution in [2.75, 3.05) is 0 Å². The lowest BCUT2D eigenvalue weighted by Gasteiger charge is -2.28. The molecule has 2 nitrogen and oxygen atoms in total. The number of nitrogens with zero attached hydrogens (tertiary/aromatic N) is 1. The minimum atomic E-state index is 0.410. The van der Waals surface area contributed by atoms with E-state index < -0.39 is 0 Å². The van der Waals surface area contributed by atoms with Gasteiger partial charge in [-0.05, 0) is 37.3 Å². The fourth-order valence-corrected chi connectivity index (χ4v) is 3.35. The number of nitrogens with one attached hydrogen (secondary N) is 1. The van der Waals surface area contributed by atoms with Crippen LogP contribution in [0.2, 0.25) is 0 Å². The number of aryl methyl sites for hydroxylation is 1. The summed E-state index contributed by atoms with van der Waals surface area (Å²) < 4.78 is 0. The van der Waals surface area contributed by atoms with E-state index in [-0.39, 0.29) is 0 Å². The Kier molecular flexibility index (Phi) is 3.43. The van der Waals surface area contributed by atoms with Crippen molar-refractivity contribution in [3.8, 4) is 0 Å². The Balaban J connectivity index is 1.66. The molecule has 1 aromatic heterocycles. The predicted molar refractivity (Wildman–Crippen MR) is 75.9 cm³/mol. The molecule has 0 spiro atoms. The molecule has 2 aromatic rings. The molecule has 2 unspecified atom stereocenters. The van der Waals surface area contributed by atoms with E-state index in [0.717, 1.165) is 6.42 Å². The Hall–Kier alpha value is -1.19. The first-order chi connectivity index (χ1) is 8.83. The minimum absolute atomic E-state index is 0.410. The van der Waals surface area contributed by atoms with Crippen molar-refractivity contribution in [3.63, 3.8) is 0 Å². The van der Waals surface area contributed by atoms with Crippen LogP contribution in [0.3, 0.4) is 0 Å². The highest BCUT2D eigenvalue weighted by Crippen LogP contribution is 2.24. The van der Waals surface area contributed by atoms with Crippen LogP contribution < -0.4 is 5.32 Å². The molecule has 3 rings (SSSR count). The van der Waals surface area contributed by atoms with Gasteiger partial charge in [-0.2, -0.15) is 0 Å². The third-order valence-electron chi connectivity index (χ3n) is 3.71. The zero-order valence-corrected chi connectivity index (χ0v) is 11.4. The molecule has 3 heteroatoms. The Bertz CT molecular complexity index is 507. The maximum Gasteiger partial charge on any atom is 0.0794 e. The van der Waals surface area contributed by atoms with Gasteiger partial charge in [0.1, 0.15) is 0 Å². The van der Waals surface area contributed by atoms with E-state index >= 15 is 0 Å². The number of aromatic nitrogens is 1. The quantitative estimate of drug-likeness (QED) is 0.913. The first-order valence-electron chi connectivity index (χ1n) is 6.54. The van der Waals surface area contributed by atoms with E-state index in [2.05, 4.69) is 41.5 Å². The van der Waals surface area contributed by atoms with Crippen LogP contribution in [0.5, 0.6) is 0 Å². The Labute approximate surface area is 112 Å². The second kappa shape index (κ2) is 5.21. The number of hydrogen-bond donors (Lipinski definition) is 1. The van der Waals surface area contributed by atoms with Crippen molar-refractivity contribution < 1.29 is 0 Å². The molecule has 1 aliphatic carbocycles. The molecule has 0 amide bonds. The monoisotopic (exact) mass is 258 g/mol. The molecule has 1 heterocycles. The van der Waals surface area contributed by atoms with Crippen molar-refractivity contribution in [1.29, 1.82) is 0 Å². The minimum Gasteiger partial charge on any atom is -0.306 e. The van der Waals surface area contributed by atoms with Gasteiger partial charge in [0.05, 0.1) is 5.51 Å².